The van der Waals surface area contributed by atoms with E-state index in [0.717, 1.165) is 12.8 Å². The molecule has 3 rings (SSSR count). The minimum atomic E-state index is -0.374. The van der Waals surface area contributed by atoms with Gasteiger partial charge in [-0.3, -0.25) is 4.79 Å². The van der Waals surface area contributed by atoms with Gasteiger partial charge in [-0.2, -0.15) is 0 Å². The maximum absolute atomic E-state index is 12.3. The first-order chi connectivity index (χ1) is 8.15. The van der Waals surface area contributed by atoms with Gasteiger partial charge in [0.05, 0.1) is 11.8 Å². The van der Waals surface area contributed by atoms with Crippen molar-refractivity contribution in [2.45, 2.75) is 31.4 Å². The molecule has 5 heteroatoms. The Morgan fingerprint density at radius 1 is 1.41 bits per heavy atom. The fourth-order valence-electron chi connectivity index (χ4n) is 2.42. The average Bonchev–Trinajstić information content (AvgIpc) is 2.94. The number of aliphatic hydroxyl groups is 1. The zero-order chi connectivity index (χ0) is 12.0. The van der Waals surface area contributed by atoms with Crippen molar-refractivity contribution >= 4 is 11.6 Å². The van der Waals surface area contributed by atoms with Crippen LogP contribution in [0.15, 0.2) is 12.3 Å². The first kappa shape index (κ1) is 10.7. The van der Waals surface area contributed by atoms with Crippen LogP contribution in [0.2, 0.25) is 0 Å². The number of β-amino-alcohol motifs (C(OH)–C–C–N with tert-alkyl or cyclic N) is 1. The van der Waals surface area contributed by atoms with E-state index < -0.39 is 0 Å². The maximum atomic E-state index is 12.3. The van der Waals surface area contributed by atoms with Crippen molar-refractivity contribution in [3.05, 3.63) is 18.0 Å². The molecule has 1 saturated heterocycles. The lowest BCUT2D eigenvalue weighted by Gasteiger charge is -2.16. The van der Waals surface area contributed by atoms with Crippen LogP contribution in [0.3, 0.4) is 0 Å². The Hall–Kier alpha value is -1.49. The third-order valence-corrected chi connectivity index (χ3v) is 3.48. The number of nitrogens with two attached hydrogens (primary N) is 1. The van der Waals surface area contributed by atoms with Gasteiger partial charge in [0.1, 0.15) is 5.69 Å². The number of amides is 1. The predicted molar refractivity (Wildman–Crippen MR) is 63.6 cm³/mol. The summed E-state index contributed by atoms with van der Waals surface area (Å²) in [6.07, 6.45) is 4.39. The summed E-state index contributed by atoms with van der Waals surface area (Å²) < 4.78 is 1.99. The quantitative estimate of drug-likeness (QED) is 0.789. The summed E-state index contributed by atoms with van der Waals surface area (Å²) in [6.45, 7) is 1.07. The van der Waals surface area contributed by atoms with E-state index in [9.17, 15) is 9.90 Å². The molecule has 1 atom stereocenters. The fraction of sp³-hybridized carbons (Fsp3) is 0.583. The van der Waals surface area contributed by atoms with Gasteiger partial charge in [0.2, 0.25) is 0 Å². The first-order valence-corrected chi connectivity index (χ1v) is 6.10. The summed E-state index contributed by atoms with van der Waals surface area (Å²) in [6, 6.07) is 2.18. The Morgan fingerprint density at radius 3 is 2.76 bits per heavy atom. The number of nitrogens with zero attached hydrogens (tertiary/aromatic N) is 2. The van der Waals surface area contributed by atoms with E-state index in [1.807, 2.05) is 10.8 Å². The minimum Gasteiger partial charge on any atom is -0.397 e. The number of hydrogen-bond acceptors (Lipinski definition) is 3. The molecular weight excluding hydrogens is 218 g/mol. The summed E-state index contributed by atoms with van der Waals surface area (Å²) >= 11 is 0. The van der Waals surface area contributed by atoms with E-state index in [4.69, 9.17) is 5.73 Å². The molecule has 1 saturated carbocycles. The number of nitrogen functional groups attached to an aromatic ring is 1. The van der Waals surface area contributed by atoms with E-state index in [-0.39, 0.29) is 12.0 Å². The van der Waals surface area contributed by atoms with Gasteiger partial charge in [0.15, 0.2) is 0 Å². The van der Waals surface area contributed by atoms with Crippen molar-refractivity contribution in [2.75, 3.05) is 18.8 Å². The van der Waals surface area contributed by atoms with Crippen LogP contribution in [-0.2, 0) is 0 Å². The summed E-state index contributed by atoms with van der Waals surface area (Å²) in [5.41, 5.74) is 7.07. The van der Waals surface area contributed by atoms with Crippen LogP contribution < -0.4 is 5.73 Å². The van der Waals surface area contributed by atoms with Gasteiger partial charge < -0.3 is 20.3 Å². The number of aromatic nitrogens is 1. The third kappa shape index (κ3) is 1.91. The number of hydrogen-bond donors (Lipinski definition) is 2. The Kier molecular flexibility index (Phi) is 2.36. The molecule has 0 aromatic carbocycles. The molecule has 1 aromatic heterocycles. The van der Waals surface area contributed by atoms with Gasteiger partial charge >= 0.3 is 0 Å². The van der Waals surface area contributed by atoms with Gasteiger partial charge in [-0.15, -0.1) is 0 Å². The number of carbonyl (C=O) groups excluding carboxylic acids is 1. The molecule has 2 fully saturated rings. The van der Waals surface area contributed by atoms with Gasteiger partial charge in [0, 0.05) is 25.3 Å². The standard InChI is InChI=1S/C12H17N3O2/c13-8-5-11(15(6-8)9-1-2-9)12(17)14-4-3-10(16)7-14/h5-6,9-10,16H,1-4,7,13H2/t10-/m1/s1. The van der Waals surface area contributed by atoms with Crippen molar-refractivity contribution < 1.29 is 9.90 Å². The molecule has 17 heavy (non-hydrogen) atoms. The average molecular weight is 235 g/mol. The molecule has 0 spiro atoms. The number of anilines is 1. The van der Waals surface area contributed by atoms with Gasteiger partial charge in [-0.05, 0) is 25.3 Å². The number of likely N-dealkylation sites (tertiary alicyclic amines) is 1. The molecule has 1 aliphatic carbocycles. The number of rotatable bonds is 2. The van der Waals surface area contributed by atoms with Crippen LogP contribution in [0.25, 0.3) is 0 Å². The van der Waals surface area contributed by atoms with Crippen LogP contribution in [0.1, 0.15) is 35.8 Å². The lowest BCUT2D eigenvalue weighted by Crippen LogP contribution is -2.31. The van der Waals surface area contributed by atoms with E-state index in [1.165, 1.54) is 0 Å². The van der Waals surface area contributed by atoms with Crippen LogP contribution in [0, 0.1) is 0 Å². The van der Waals surface area contributed by atoms with Crippen molar-refractivity contribution in [3.8, 4) is 0 Å². The second-order valence-electron chi connectivity index (χ2n) is 4.99. The molecule has 0 bridgehead atoms. The molecule has 5 nitrogen and oxygen atoms in total. The normalized spacial score (nSPS) is 24.3. The molecule has 1 amide bonds. The van der Waals surface area contributed by atoms with Crippen LogP contribution in [0.4, 0.5) is 5.69 Å². The van der Waals surface area contributed by atoms with Gasteiger partial charge in [-0.1, -0.05) is 0 Å². The summed E-state index contributed by atoms with van der Waals surface area (Å²) in [4.78, 5) is 14.0. The molecule has 92 valence electrons. The van der Waals surface area contributed by atoms with Crippen LogP contribution >= 0.6 is 0 Å². The van der Waals surface area contributed by atoms with E-state index in [1.54, 1.807) is 11.0 Å². The first-order valence-electron chi connectivity index (χ1n) is 6.10. The van der Waals surface area contributed by atoms with E-state index in [0.29, 0.717) is 36.9 Å². The van der Waals surface area contributed by atoms with E-state index >= 15 is 0 Å². The number of carbonyl (C=O) groups is 1. The minimum absolute atomic E-state index is 0.00912. The molecular formula is C12H17N3O2. The Labute approximate surface area is 99.8 Å². The molecule has 1 aliphatic heterocycles. The SMILES string of the molecule is Nc1cc(C(=O)N2CC[C@@H](O)C2)n(C2CC2)c1. The lowest BCUT2D eigenvalue weighted by atomic mass is 10.3. The molecule has 0 radical (unpaired) electrons. The molecule has 1 aromatic rings. The topological polar surface area (TPSA) is 71.5 Å². The second-order valence-corrected chi connectivity index (χ2v) is 4.99. The third-order valence-electron chi connectivity index (χ3n) is 3.48. The Bertz CT molecular complexity index is 451. The second kappa shape index (κ2) is 3.77. The zero-order valence-electron chi connectivity index (χ0n) is 9.67. The maximum Gasteiger partial charge on any atom is 0.270 e. The summed E-state index contributed by atoms with van der Waals surface area (Å²) in [5.74, 6) is -0.00912. The summed E-state index contributed by atoms with van der Waals surface area (Å²) in [5, 5.41) is 9.47. The Balaban J connectivity index is 1.85. The summed E-state index contributed by atoms with van der Waals surface area (Å²) in [7, 11) is 0. The molecule has 3 N–H and O–H groups in total. The highest BCUT2D eigenvalue weighted by Gasteiger charge is 2.31. The molecule has 0 unspecified atom stereocenters. The highest BCUT2D eigenvalue weighted by Crippen LogP contribution is 2.37. The monoisotopic (exact) mass is 235 g/mol. The van der Waals surface area contributed by atoms with Crippen LogP contribution in [-0.4, -0.2) is 39.7 Å². The fourth-order valence-corrected chi connectivity index (χ4v) is 2.42. The predicted octanol–water partition coefficient (Wildman–Crippen LogP) is 0.612. The van der Waals surface area contributed by atoms with Gasteiger partial charge in [0.25, 0.3) is 5.91 Å². The van der Waals surface area contributed by atoms with Crippen molar-refractivity contribution in [1.82, 2.24) is 9.47 Å². The van der Waals surface area contributed by atoms with E-state index in [2.05, 4.69) is 0 Å². The zero-order valence-corrected chi connectivity index (χ0v) is 9.67. The van der Waals surface area contributed by atoms with Crippen molar-refractivity contribution in [1.29, 1.82) is 0 Å². The lowest BCUT2D eigenvalue weighted by molar-refractivity contribution is 0.0754. The number of aliphatic hydroxyl groups excluding tert-OH is 1. The van der Waals surface area contributed by atoms with Crippen LogP contribution in [0.5, 0.6) is 0 Å². The van der Waals surface area contributed by atoms with Gasteiger partial charge in [-0.25, -0.2) is 0 Å². The highest BCUT2D eigenvalue weighted by molar-refractivity contribution is 5.94. The largest absolute Gasteiger partial charge is 0.397 e. The van der Waals surface area contributed by atoms with Crippen molar-refractivity contribution in [3.63, 3.8) is 0 Å². The molecule has 2 heterocycles. The van der Waals surface area contributed by atoms with Crippen molar-refractivity contribution in [2.24, 2.45) is 0 Å². The Morgan fingerprint density at radius 2 is 2.18 bits per heavy atom. The molecule has 2 aliphatic rings. The highest BCUT2D eigenvalue weighted by atomic mass is 16.3. The smallest absolute Gasteiger partial charge is 0.270 e.